The number of hydrogen-bond donors (Lipinski definition) is 3. The SMILES string of the molecule is O=C(NC1CCCNC1)[C@@H]1Sc2nccc3c2C1NC(=O)N3c1cccc(Oc2ccccc2)n1. The Bertz CT molecular complexity index is 1270. The summed E-state index contributed by atoms with van der Waals surface area (Å²) in [7, 11) is 0. The summed E-state index contributed by atoms with van der Waals surface area (Å²) in [5.74, 6) is 1.38. The molecule has 3 atom stereocenters. The number of amides is 3. The Morgan fingerprint density at radius 2 is 2.03 bits per heavy atom. The molecule has 35 heavy (non-hydrogen) atoms. The molecule has 178 valence electrons. The number of thioether (sulfide) groups is 1. The number of aromatic nitrogens is 2. The topological polar surface area (TPSA) is 108 Å². The second kappa shape index (κ2) is 9.20. The van der Waals surface area contributed by atoms with Crippen LogP contribution in [-0.2, 0) is 4.79 Å². The van der Waals surface area contributed by atoms with Crippen molar-refractivity contribution in [1.82, 2.24) is 25.9 Å². The number of para-hydroxylation sites is 1. The van der Waals surface area contributed by atoms with Crippen LogP contribution in [0.25, 0.3) is 0 Å². The van der Waals surface area contributed by atoms with Crippen LogP contribution in [0.4, 0.5) is 16.3 Å². The summed E-state index contributed by atoms with van der Waals surface area (Å²) in [6.07, 6.45) is 3.65. The molecule has 2 unspecified atom stereocenters. The van der Waals surface area contributed by atoms with E-state index in [-0.39, 0.29) is 18.0 Å². The number of nitrogens with one attached hydrogen (secondary N) is 3. The summed E-state index contributed by atoms with van der Waals surface area (Å²) in [6, 6.07) is 15.7. The highest BCUT2D eigenvalue weighted by atomic mass is 32.2. The first kappa shape index (κ1) is 21.9. The number of anilines is 2. The van der Waals surface area contributed by atoms with Crippen LogP contribution in [0.3, 0.4) is 0 Å². The zero-order chi connectivity index (χ0) is 23.8. The van der Waals surface area contributed by atoms with Crippen LogP contribution in [0.15, 0.2) is 65.8 Å². The second-order valence-corrected chi connectivity index (χ2v) is 9.78. The van der Waals surface area contributed by atoms with Gasteiger partial charge in [-0.25, -0.2) is 14.7 Å². The number of carbonyl (C=O) groups is 2. The first-order valence-electron chi connectivity index (χ1n) is 11.6. The molecule has 6 rings (SSSR count). The standard InChI is InChI=1S/C25H24N6O3S/c32-23(28-15-6-5-12-26-14-15)22-21-20-17(11-13-27-24(20)35-22)31(25(33)30-21)18-9-4-10-19(29-18)34-16-7-2-1-3-8-16/h1-4,7-11,13,15,21-22,26H,5-6,12,14H2,(H,28,32)(H,30,33)/t15?,21?,22-/m1/s1. The normalized spacial score (nSPS) is 22.8. The highest BCUT2D eigenvalue weighted by Crippen LogP contribution is 2.50. The van der Waals surface area contributed by atoms with Gasteiger partial charge in [-0.05, 0) is 43.7 Å². The van der Waals surface area contributed by atoms with E-state index in [2.05, 4.69) is 25.9 Å². The molecule has 3 N–H and O–H groups in total. The molecular formula is C25H24N6O3S. The van der Waals surface area contributed by atoms with Gasteiger partial charge < -0.3 is 20.7 Å². The smallest absolute Gasteiger partial charge is 0.328 e. The number of ether oxygens (including phenoxy) is 1. The highest BCUT2D eigenvalue weighted by Gasteiger charge is 2.47. The Labute approximate surface area is 206 Å². The molecule has 1 fully saturated rings. The van der Waals surface area contributed by atoms with Crippen molar-refractivity contribution in [3.63, 3.8) is 0 Å². The second-order valence-electron chi connectivity index (χ2n) is 8.65. The third-order valence-electron chi connectivity index (χ3n) is 6.31. The molecular weight excluding hydrogens is 464 g/mol. The minimum Gasteiger partial charge on any atom is -0.439 e. The van der Waals surface area contributed by atoms with E-state index >= 15 is 0 Å². The summed E-state index contributed by atoms with van der Waals surface area (Å²) in [5, 5.41) is 9.76. The van der Waals surface area contributed by atoms with Gasteiger partial charge in [0.2, 0.25) is 11.8 Å². The van der Waals surface area contributed by atoms with Crippen molar-refractivity contribution in [2.75, 3.05) is 18.0 Å². The Hall–Kier alpha value is -3.63. The lowest BCUT2D eigenvalue weighted by Gasteiger charge is -2.34. The van der Waals surface area contributed by atoms with Crippen LogP contribution < -0.4 is 25.6 Å². The molecule has 2 aromatic heterocycles. The lowest BCUT2D eigenvalue weighted by Crippen LogP contribution is -2.52. The van der Waals surface area contributed by atoms with E-state index in [0.29, 0.717) is 23.1 Å². The molecule has 1 saturated heterocycles. The number of urea groups is 1. The third kappa shape index (κ3) is 4.19. The Kier molecular flexibility index (Phi) is 5.75. The quantitative estimate of drug-likeness (QED) is 0.504. The van der Waals surface area contributed by atoms with Crippen LogP contribution >= 0.6 is 11.8 Å². The molecule has 3 aromatic rings. The van der Waals surface area contributed by atoms with Gasteiger partial charge in [-0.15, -0.1) is 0 Å². The van der Waals surface area contributed by atoms with E-state index < -0.39 is 11.3 Å². The van der Waals surface area contributed by atoms with Crippen molar-refractivity contribution >= 4 is 35.2 Å². The Balaban J connectivity index is 1.28. The maximum Gasteiger partial charge on any atom is 0.328 e. The van der Waals surface area contributed by atoms with Crippen molar-refractivity contribution in [2.45, 2.75) is 35.2 Å². The average Bonchev–Trinajstić information content (AvgIpc) is 3.25. The Morgan fingerprint density at radius 1 is 1.14 bits per heavy atom. The minimum absolute atomic E-state index is 0.0808. The number of piperidine rings is 1. The van der Waals surface area contributed by atoms with Gasteiger partial charge in [0.05, 0.1) is 11.7 Å². The number of pyridine rings is 2. The first-order chi connectivity index (χ1) is 17.2. The number of benzene rings is 1. The van der Waals surface area contributed by atoms with E-state index in [1.807, 2.05) is 30.3 Å². The van der Waals surface area contributed by atoms with E-state index in [1.54, 1.807) is 30.5 Å². The van der Waals surface area contributed by atoms with Crippen LogP contribution in [0.2, 0.25) is 0 Å². The zero-order valence-electron chi connectivity index (χ0n) is 18.8. The number of nitrogens with zero attached hydrogens (tertiary/aromatic N) is 3. The van der Waals surface area contributed by atoms with Gasteiger partial charge in [0, 0.05) is 30.4 Å². The van der Waals surface area contributed by atoms with Crippen LogP contribution in [0.5, 0.6) is 11.6 Å². The lowest BCUT2D eigenvalue weighted by molar-refractivity contribution is -0.121. The fraction of sp³-hybridized carbons (Fsp3) is 0.280. The molecule has 9 nitrogen and oxygen atoms in total. The van der Waals surface area contributed by atoms with E-state index in [1.165, 1.54) is 16.7 Å². The molecule has 0 radical (unpaired) electrons. The summed E-state index contributed by atoms with van der Waals surface area (Å²) < 4.78 is 5.87. The van der Waals surface area contributed by atoms with Gasteiger partial charge in [-0.3, -0.25) is 4.79 Å². The van der Waals surface area contributed by atoms with Crippen LogP contribution in [0, 0.1) is 0 Å². The monoisotopic (exact) mass is 488 g/mol. The van der Waals surface area contributed by atoms with Gasteiger partial charge in [-0.2, -0.15) is 4.98 Å². The van der Waals surface area contributed by atoms with E-state index in [4.69, 9.17) is 4.74 Å². The molecule has 3 aliphatic heterocycles. The van der Waals surface area contributed by atoms with Crippen molar-refractivity contribution in [1.29, 1.82) is 0 Å². The van der Waals surface area contributed by atoms with Crippen LogP contribution in [-0.4, -0.2) is 46.3 Å². The van der Waals surface area contributed by atoms with Crippen LogP contribution in [0.1, 0.15) is 24.4 Å². The van der Waals surface area contributed by atoms with Gasteiger partial charge in [0.15, 0.2) is 0 Å². The molecule has 1 aromatic carbocycles. The van der Waals surface area contributed by atoms with E-state index in [0.717, 1.165) is 36.5 Å². The van der Waals surface area contributed by atoms with Crippen molar-refractivity contribution in [3.05, 3.63) is 66.4 Å². The van der Waals surface area contributed by atoms with Crippen molar-refractivity contribution in [2.24, 2.45) is 0 Å². The number of rotatable bonds is 5. The predicted octanol–water partition coefficient (Wildman–Crippen LogP) is 3.51. The fourth-order valence-corrected chi connectivity index (χ4v) is 5.94. The summed E-state index contributed by atoms with van der Waals surface area (Å²) in [4.78, 5) is 37.1. The van der Waals surface area contributed by atoms with E-state index in [9.17, 15) is 9.59 Å². The first-order valence-corrected chi connectivity index (χ1v) is 12.5. The summed E-state index contributed by atoms with van der Waals surface area (Å²) >= 11 is 1.39. The minimum atomic E-state index is -0.479. The third-order valence-corrected chi connectivity index (χ3v) is 7.60. The average molecular weight is 489 g/mol. The molecule has 3 amide bonds. The molecule has 10 heteroatoms. The van der Waals surface area contributed by atoms with Crippen molar-refractivity contribution in [3.8, 4) is 11.6 Å². The molecule has 0 aliphatic carbocycles. The molecule has 3 aliphatic rings. The van der Waals surface area contributed by atoms with Gasteiger partial charge in [0.25, 0.3) is 0 Å². The molecule has 0 bridgehead atoms. The predicted molar refractivity (Wildman–Crippen MR) is 132 cm³/mol. The summed E-state index contributed by atoms with van der Waals surface area (Å²) in [5.41, 5.74) is 1.52. The largest absolute Gasteiger partial charge is 0.439 e. The molecule has 0 spiro atoms. The fourth-order valence-electron chi connectivity index (χ4n) is 4.71. The van der Waals surface area contributed by atoms with Gasteiger partial charge in [0.1, 0.15) is 21.8 Å². The summed E-state index contributed by atoms with van der Waals surface area (Å²) in [6.45, 7) is 1.74. The number of hydrogen-bond acceptors (Lipinski definition) is 7. The van der Waals surface area contributed by atoms with Gasteiger partial charge in [-0.1, -0.05) is 36.0 Å². The molecule has 5 heterocycles. The van der Waals surface area contributed by atoms with Crippen molar-refractivity contribution < 1.29 is 14.3 Å². The lowest BCUT2D eigenvalue weighted by atomic mass is 9.99. The maximum atomic E-state index is 13.3. The zero-order valence-corrected chi connectivity index (χ0v) is 19.6. The highest BCUT2D eigenvalue weighted by molar-refractivity contribution is 8.01. The number of carbonyl (C=O) groups excluding carboxylic acids is 2. The van der Waals surface area contributed by atoms with Gasteiger partial charge >= 0.3 is 6.03 Å². The Morgan fingerprint density at radius 3 is 2.86 bits per heavy atom. The molecule has 0 saturated carbocycles. The maximum absolute atomic E-state index is 13.3.